The van der Waals surface area contributed by atoms with Gasteiger partial charge >= 0.3 is 0 Å². The number of nitrogens with zero attached hydrogens (tertiary/aromatic N) is 2. The van der Waals surface area contributed by atoms with Gasteiger partial charge in [0.05, 0.1) is 5.70 Å². The highest BCUT2D eigenvalue weighted by Crippen LogP contribution is 2.20. The van der Waals surface area contributed by atoms with Crippen molar-refractivity contribution in [3.63, 3.8) is 0 Å². The zero-order valence-corrected chi connectivity index (χ0v) is 5.38. The number of hydrogen-bond acceptors (Lipinski definition) is 3. The lowest BCUT2D eigenvalue weighted by Crippen LogP contribution is -2.17. The fraction of sp³-hybridized carbons (Fsp3) is 0.500. The van der Waals surface area contributed by atoms with Crippen LogP contribution in [0.15, 0.2) is 22.0 Å². The minimum absolute atomic E-state index is 0.779. The molecule has 0 aromatic heterocycles. The molecule has 47 valence electrons. The molecule has 1 atom stereocenters. The van der Waals surface area contributed by atoms with Crippen molar-refractivity contribution in [3.8, 4) is 0 Å². The molecule has 3 heteroatoms. The van der Waals surface area contributed by atoms with Crippen molar-refractivity contribution < 1.29 is 4.79 Å². The number of rotatable bonds is 1. The van der Waals surface area contributed by atoms with Crippen LogP contribution < -0.4 is 0 Å². The van der Waals surface area contributed by atoms with Gasteiger partial charge in [-0.2, -0.15) is 10.2 Å². The molecule has 0 bridgehead atoms. The van der Waals surface area contributed by atoms with Crippen LogP contribution in [0.2, 0.25) is 0 Å². The summed E-state index contributed by atoms with van der Waals surface area (Å²) in [6.07, 6.45) is 3.46. The van der Waals surface area contributed by atoms with Crippen molar-refractivity contribution in [2.75, 3.05) is 0 Å². The summed E-state index contributed by atoms with van der Waals surface area (Å²) in [6, 6.07) is 0. The third kappa shape index (κ3) is 1.04. The Morgan fingerprint density at radius 1 is 1.78 bits per heavy atom. The van der Waals surface area contributed by atoms with Gasteiger partial charge < -0.3 is 0 Å². The largest absolute Gasteiger partial charge is 0.288 e. The molecular weight excluding hydrogens is 116 g/mol. The molecule has 0 N–H and O–H groups in total. The molecule has 1 aliphatic heterocycles. The first-order valence-corrected chi connectivity index (χ1v) is 2.68. The van der Waals surface area contributed by atoms with Gasteiger partial charge in [-0.1, -0.05) is 0 Å². The molecular formula is C6H7N2O. The van der Waals surface area contributed by atoms with Crippen LogP contribution >= 0.6 is 0 Å². The molecule has 9 heavy (non-hydrogen) atoms. The molecule has 1 radical (unpaired) electrons. The van der Waals surface area contributed by atoms with E-state index in [1.807, 2.05) is 0 Å². The monoisotopic (exact) mass is 123 g/mol. The van der Waals surface area contributed by atoms with E-state index in [1.54, 1.807) is 26.2 Å². The minimum atomic E-state index is -0.802. The van der Waals surface area contributed by atoms with Crippen molar-refractivity contribution in [3.05, 3.63) is 11.8 Å². The van der Waals surface area contributed by atoms with Crippen LogP contribution in [0.5, 0.6) is 0 Å². The van der Waals surface area contributed by atoms with E-state index >= 15 is 0 Å². The third-order valence-electron chi connectivity index (χ3n) is 1.11. The first-order valence-electron chi connectivity index (χ1n) is 2.68. The van der Waals surface area contributed by atoms with Crippen LogP contribution in [0.4, 0.5) is 0 Å². The van der Waals surface area contributed by atoms with Gasteiger partial charge in [-0.3, -0.25) is 4.79 Å². The molecule has 3 nitrogen and oxygen atoms in total. The highest BCUT2D eigenvalue weighted by Gasteiger charge is 2.24. The molecule has 1 heterocycles. The van der Waals surface area contributed by atoms with Gasteiger partial charge in [0.25, 0.3) is 0 Å². The van der Waals surface area contributed by atoms with Crippen LogP contribution in [0.25, 0.3) is 0 Å². The molecule has 1 aliphatic rings. The molecule has 0 amide bonds. The maximum absolute atomic E-state index is 10.2. The van der Waals surface area contributed by atoms with E-state index in [2.05, 4.69) is 10.2 Å². The summed E-state index contributed by atoms with van der Waals surface area (Å²) >= 11 is 0. The second kappa shape index (κ2) is 1.76. The van der Waals surface area contributed by atoms with E-state index in [9.17, 15) is 4.79 Å². The van der Waals surface area contributed by atoms with Gasteiger partial charge in [-0.05, 0) is 19.9 Å². The Balaban J connectivity index is 2.90. The number of carbonyl (C=O) groups excluding carboxylic acids is 1. The van der Waals surface area contributed by atoms with Gasteiger partial charge in [0.15, 0.2) is 5.54 Å². The first-order chi connectivity index (χ1) is 4.16. The summed E-state index contributed by atoms with van der Waals surface area (Å²) < 4.78 is 0. The second-order valence-electron chi connectivity index (χ2n) is 2.24. The average Bonchev–Trinajstić information content (AvgIpc) is 2.13. The Kier molecular flexibility index (Phi) is 1.20. The molecule has 0 aromatic rings. The van der Waals surface area contributed by atoms with Crippen LogP contribution in [0.3, 0.4) is 0 Å². The van der Waals surface area contributed by atoms with Crippen molar-refractivity contribution in [2.45, 2.75) is 19.4 Å². The van der Waals surface area contributed by atoms with Gasteiger partial charge in [-0.25, -0.2) is 0 Å². The second-order valence-corrected chi connectivity index (χ2v) is 2.24. The Hall–Kier alpha value is -0.990. The molecule has 0 fully saturated rings. The standard InChI is InChI=1S/C6H7N2O/c1-5-3-6(2,4-9)8-7-5/h3H,1-2H3. The van der Waals surface area contributed by atoms with Crippen LogP contribution in [-0.2, 0) is 4.79 Å². The minimum Gasteiger partial charge on any atom is -0.288 e. The molecule has 0 saturated heterocycles. The number of allylic oxidation sites excluding steroid dienone is 1. The Bertz CT molecular complexity index is 195. The molecule has 1 unspecified atom stereocenters. The highest BCUT2D eigenvalue weighted by atomic mass is 16.1. The summed E-state index contributed by atoms with van der Waals surface area (Å²) in [5.41, 5.74) is -0.0229. The Morgan fingerprint density at radius 2 is 2.44 bits per heavy atom. The zero-order chi connectivity index (χ0) is 6.91. The van der Waals surface area contributed by atoms with Crippen molar-refractivity contribution in [1.82, 2.24) is 0 Å². The van der Waals surface area contributed by atoms with E-state index in [4.69, 9.17) is 0 Å². The van der Waals surface area contributed by atoms with Crippen LogP contribution in [0.1, 0.15) is 13.8 Å². The first kappa shape index (κ1) is 6.13. The number of azo groups is 1. The number of hydrogen-bond donors (Lipinski definition) is 0. The maximum atomic E-state index is 10.2. The predicted molar refractivity (Wildman–Crippen MR) is 32.7 cm³/mol. The zero-order valence-electron chi connectivity index (χ0n) is 5.38. The van der Waals surface area contributed by atoms with Gasteiger partial charge in [0, 0.05) is 0 Å². The molecule has 0 spiro atoms. The Labute approximate surface area is 53.5 Å². The molecule has 0 saturated carbocycles. The van der Waals surface area contributed by atoms with Crippen LogP contribution in [-0.4, -0.2) is 11.8 Å². The van der Waals surface area contributed by atoms with E-state index in [0.717, 1.165) is 5.70 Å². The lowest BCUT2D eigenvalue weighted by Gasteiger charge is -2.01. The van der Waals surface area contributed by atoms with E-state index in [1.165, 1.54) is 0 Å². The molecule has 1 rings (SSSR count). The lowest BCUT2D eigenvalue weighted by atomic mass is 10.1. The van der Waals surface area contributed by atoms with Gasteiger partial charge in [-0.15, -0.1) is 0 Å². The normalized spacial score (nSPS) is 32.4. The third-order valence-corrected chi connectivity index (χ3v) is 1.11. The molecule has 0 aromatic carbocycles. The van der Waals surface area contributed by atoms with E-state index < -0.39 is 5.54 Å². The lowest BCUT2D eigenvalue weighted by molar-refractivity contribution is 0.528. The van der Waals surface area contributed by atoms with Gasteiger partial charge in [0.2, 0.25) is 6.29 Å². The summed E-state index contributed by atoms with van der Waals surface area (Å²) in [5.74, 6) is 0. The highest BCUT2D eigenvalue weighted by molar-refractivity contribution is 5.69. The fourth-order valence-electron chi connectivity index (χ4n) is 0.697. The van der Waals surface area contributed by atoms with Crippen molar-refractivity contribution >= 4 is 6.29 Å². The smallest absolute Gasteiger partial charge is 0.234 e. The fourth-order valence-corrected chi connectivity index (χ4v) is 0.697. The average molecular weight is 123 g/mol. The summed E-state index contributed by atoms with van der Waals surface area (Å²) in [6.45, 7) is 3.46. The van der Waals surface area contributed by atoms with Crippen molar-refractivity contribution in [1.29, 1.82) is 0 Å². The summed E-state index contributed by atoms with van der Waals surface area (Å²) in [4.78, 5) is 10.2. The Morgan fingerprint density at radius 3 is 2.67 bits per heavy atom. The van der Waals surface area contributed by atoms with Crippen LogP contribution in [0, 0.1) is 0 Å². The van der Waals surface area contributed by atoms with E-state index in [-0.39, 0.29) is 0 Å². The maximum Gasteiger partial charge on any atom is 0.234 e. The molecule has 0 aliphatic carbocycles. The predicted octanol–water partition coefficient (Wildman–Crippen LogP) is 1.22. The van der Waals surface area contributed by atoms with Gasteiger partial charge in [0.1, 0.15) is 0 Å². The summed E-state index contributed by atoms with van der Waals surface area (Å²) in [5, 5.41) is 7.36. The summed E-state index contributed by atoms with van der Waals surface area (Å²) in [7, 11) is 0. The van der Waals surface area contributed by atoms with Crippen molar-refractivity contribution in [2.24, 2.45) is 10.2 Å². The van der Waals surface area contributed by atoms with E-state index in [0.29, 0.717) is 0 Å². The SMILES string of the molecule is CC1=CC(C)([C]=O)N=N1. The topological polar surface area (TPSA) is 41.8 Å². The quantitative estimate of drug-likeness (QED) is 0.517.